The van der Waals surface area contributed by atoms with E-state index in [2.05, 4.69) is 20.3 Å². The number of nitrogens with zero attached hydrogens (tertiary/aromatic N) is 3. The van der Waals surface area contributed by atoms with E-state index in [1.165, 1.54) is 6.07 Å². The molecule has 32 heavy (non-hydrogen) atoms. The highest BCUT2D eigenvalue weighted by molar-refractivity contribution is 5.92. The number of hydrogen-bond acceptors (Lipinski definition) is 6. The Kier molecular flexibility index (Phi) is 6.38. The molecule has 0 unspecified atom stereocenters. The molecule has 3 aromatic rings. The van der Waals surface area contributed by atoms with Gasteiger partial charge in [-0.3, -0.25) is 19.4 Å². The number of fused-ring (bicyclic) bond motifs is 1. The van der Waals surface area contributed by atoms with Crippen molar-refractivity contribution in [3.05, 3.63) is 75.2 Å². The normalized spacial score (nSPS) is 14.4. The van der Waals surface area contributed by atoms with Gasteiger partial charge in [0.25, 0.3) is 11.5 Å². The Morgan fingerprint density at radius 2 is 2.16 bits per heavy atom. The van der Waals surface area contributed by atoms with Gasteiger partial charge in [0, 0.05) is 30.4 Å². The van der Waals surface area contributed by atoms with Crippen LogP contribution < -0.4 is 10.9 Å². The van der Waals surface area contributed by atoms with Crippen LogP contribution in [-0.4, -0.2) is 45.6 Å². The molecule has 0 fully saturated rings. The molecule has 0 saturated carbocycles. The molecule has 3 aromatic heterocycles. The molecular formula is C23H24FN5O3. The Balaban J connectivity index is 1.45. The van der Waals surface area contributed by atoms with Gasteiger partial charge in [-0.1, -0.05) is 13.0 Å². The minimum Gasteiger partial charge on any atom is -0.351 e. The monoisotopic (exact) mass is 437 g/mol. The molecule has 9 heteroatoms. The molecule has 166 valence electrons. The second kappa shape index (κ2) is 9.37. The summed E-state index contributed by atoms with van der Waals surface area (Å²) in [6, 6.07) is 6.74. The Morgan fingerprint density at radius 1 is 1.31 bits per heavy atom. The van der Waals surface area contributed by atoms with Crippen LogP contribution in [0, 0.1) is 5.95 Å². The second-order valence-corrected chi connectivity index (χ2v) is 7.47. The Labute approximate surface area is 184 Å². The number of halogens is 1. The molecule has 1 amide bonds. The molecule has 4 heterocycles. The van der Waals surface area contributed by atoms with Gasteiger partial charge in [0.2, 0.25) is 5.95 Å². The van der Waals surface area contributed by atoms with E-state index in [0.717, 1.165) is 11.1 Å². The first-order chi connectivity index (χ1) is 15.5. The average Bonchev–Trinajstić information content (AvgIpc) is 2.79. The van der Waals surface area contributed by atoms with Gasteiger partial charge in [0.1, 0.15) is 5.69 Å². The number of carbonyl (C=O) groups is 1. The van der Waals surface area contributed by atoms with Crippen molar-refractivity contribution in [2.75, 3.05) is 19.7 Å². The third-order valence-corrected chi connectivity index (χ3v) is 5.27. The van der Waals surface area contributed by atoms with Crippen LogP contribution in [0.4, 0.5) is 4.39 Å². The molecule has 4 rings (SSSR count). The van der Waals surface area contributed by atoms with Gasteiger partial charge in [0.15, 0.2) is 0 Å². The average molecular weight is 437 g/mol. The van der Waals surface area contributed by atoms with Crippen molar-refractivity contribution in [3.8, 4) is 0 Å². The highest BCUT2D eigenvalue weighted by atomic mass is 19.1. The number of aromatic amines is 1. The van der Waals surface area contributed by atoms with Crippen molar-refractivity contribution in [3.63, 3.8) is 0 Å². The SMILES string of the molecule is CCNC(=O)c1ccc(C2=CCN(Cc3cnc4cc(CC)c(=O)[nH]c4c3)OC2)c(F)n1. The minimum atomic E-state index is -0.703. The molecule has 0 saturated heterocycles. The first-order valence-corrected chi connectivity index (χ1v) is 10.5. The van der Waals surface area contributed by atoms with Crippen molar-refractivity contribution < 1.29 is 14.0 Å². The van der Waals surface area contributed by atoms with Gasteiger partial charge >= 0.3 is 0 Å². The second-order valence-electron chi connectivity index (χ2n) is 7.47. The number of H-pyrrole nitrogens is 1. The summed E-state index contributed by atoms with van der Waals surface area (Å²) in [5.41, 5.74) is 3.93. The summed E-state index contributed by atoms with van der Waals surface area (Å²) in [5.74, 6) is -1.11. The van der Waals surface area contributed by atoms with Gasteiger partial charge in [-0.2, -0.15) is 9.45 Å². The van der Waals surface area contributed by atoms with Crippen LogP contribution in [0.1, 0.15) is 41.0 Å². The molecule has 0 bridgehead atoms. The highest BCUT2D eigenvalue weighted by Gasteiger charge is 2.19. The van der Waals surface area contributed by atoms with E-state index >= 15 is 0 Å². The van der Waals surface area contributed by atoms with Crippen molar-refractivity contribution >= 4 is 22.5 Å². The third kappa shape index (κ3) is 4.58. The molecule has 0 spiro atoms. The van der Waals surface area contributed by atoms with E-state index in [1.807, 2.05) is 25.1 Å². The third-order valence-electron chi connectivity index (χ3n) is 5.27. The zero-order chi connectivity index (χ0) is 22.7. The number of hydroxylamine groups is 2. The van der Waals surface area contributed by atoms with E-state index in [-0.39, 0.29) is 17.9 Å². The number of amides is 1. The largest absolute Gasteiger partial charge is 0.351 e. The fourth-order valence-electron chi connectivity index (χ4n) is 3.55. The maximum absolute atomic E-state index is 14.5. The Bertz CT molecular complexity index is 1250. The van der Waals surface area contributed by atoms with E-state index in [0.29, 0.717) is 48.3 Å². The number of aryl methyl sites for hydroxylation is 1. The molecule has 0 radical (unpaired) electrons. The molecule has 2 N–H and O–H groups in total. The van der Waals surface area contributed by atoms with E-state index < -0.39 is 11.9 Å². The summed E-state index contributed by atoms with van der Waals surface area (Å²) in [5, 5.41) is 4.33. The number of hydrogen-bond donors (Lipinski definition) is 2. The minimum absolute atomic E-state index is 0.0416. The topological polar surface area (TPSA) is 100 Å². The summed E-state index contributed by atoms with van der Waals surface area (Å²) in [7, 11) is 0. The predicted molar refractivity (Wildman–Crippen MR) is 118 cm³/mol. The highest BCUT2D eigenvalue weighted by Crippen LogP contribution is 2.23. The molecule has 1 aliphatic rings. The van der Waals surface area contributed by atoms with E-state index in [1.54, 1.807) is 24.3 Å². The zero-order valence-electron chi connectivity index (χ0n) is 17.9. The summed E-state index contributed by atoms with van der Waals surface area (Å²) < 4.78 is 14.5. The fraction of sp³-hybridized carbons (Fsp3) is 0.304. The molecule has 8 nitrogen and oxygen atoms in total. The number of rotatable bonds is 6. The quantitative estimate of drug-likeness (QED) is 0.575. The van der Waals surface area contributed by atoms with Crippen LogP contribution in [0.5, 0.6) is 0 Å². The summed E-state index contributed by atoms with van der Waals surface area (Å²) in [6.45, 7) is 5.24. The number of pyridine rings is 3. The molecule has 0 atom stereocenters. The fourth-order valence-corrected chi connectivity index (χ4v) is 3.55. The van der Waals surface area contributed by atoms with Crippen LogP contribution in [0.15, 0.2) is 41.3 Å². The lowest BCUT2D eigenvalue weighted by atomic mass is 10.1. The first-order valence-electron chi connectivity index (χ1n) is 10.5. The molecule has 0 aliphatic carbocycles. The summed E-state index contributed by atoms with van der Waals surface area (Å²) in [6.07, 6.45) is 4.28. The van der Waals surface area contributed by atoms with Crippen molar-refractivity contribution in [2.45, 2.75) is 26.8 Å². The lowest BCUT2D eigenvalue weighted by Crippen LogP contribution is -2.29. The van der Waals surface area contributed by atoms with Gasteiger partial charge in [0.05, 0.1) is 24.2 Å². The maximum atomic E-state index is 14.5. The van der Waals surface area contributed by atoms with Crippen LogP contribution in [0.3, 0.4) is 0 Å². The van der Waals surface area contributed by atoms with Crippen LogP contribution >= 0.6 is 0 Å². The number of carbonyl (C=O) groups excluding carboxylic acids is 1. The van der Waals surface area contributed by atoms with E-state index in [4.69, 9.17) is 4.84 Å². The van der Waals surface area contributed by atoms with Crippen molar-refractivity contribution in [1.29, 1.82) is 0 Å². The smallest absolute Gasteiger partial charge is 0.269 e. The lowest BCUT2D eigenvalue weighted by molar-refractivity contribution is -0.150. The number of nitrogens with one attached hydrogen (secondary N) is 2. The number of aromatic nitrogens is 3. The van der Waals surface area contributed by atoms with Gasteiger partial charge in [-0.25, -0.2) is 4.98 Å². The molecule has 1 aliphatic heterocycles. The standard InChI is InChI=1S/C23H24FN5O3/c1-3-15-10-19-20(28-22(15)30)9-14(11-26-19)12-29-8-7-16(13-32-29)17-5-6-18(27-21(17)24)23(31)25-4-2/h5-7,9-11H,3-4,8,12-13H2,1-2H3,(H,25,31)(H,28,30). The van der Waals surface area contributed by atoms with Crippen molar-refractivity contribution in [1.82, 2.24) is 25.3 Å². The predicted octanol–water partition coefficient (Wildman–Crippen LogP) is 2.60. The van der Waals surface area contributed by atoms with Gasteiger partial charge in [-0.15, -0.1) is 0 Å². The Morgan fingerprint density at radius 3 is 2.84 bits per heavy atom. The van der Waals surface area contributed by atoms with Crippen LogP contribution in [0.25, 0.3) is 16.6 Å². The van der Waals surface area contributed by atoms with Crippen molar-refractivity contribution in [2.24, 2.45) is 0 Å². The first kappa shape index (κ1) is 21.8. The zero-order valence-corrected chi connectivity index (χ0v) is 17.9. The lowest BCUT2D eigenvalue weighted by Gasteiger charge is -2.26. The molecule has 0 aromatic carbocycles. The van der Waals surface area contributed by atoms with Crippen LogP contribution in [0.2, 0.25) is 0 Å². The Hall–Kier alpha value is -3.43. The molecular weight excluding hydrogens is 413 g/mol. The van der Waals surface area contributed by atoms with Gasteiger partial charge in [-0.05, 0) is 48.7 Å². The summed E-state index contributed by atoms with van der Waals surface area (Å²) in [4.78, 5) is 40.8. The maximum Gasteiger partial charge on any atom is 0.269 e. The summed E-state index contributed by atoms with van der Waals surface area (Å²) >= 11 is 0. The van der Waals surface area contributed by atoms with Crippen LogP contribution in [-0.2, 0) is 17.8 Å². The van der Waals surface area contributed by atoms with Gasteiger partial charge < -0.3 is 10.3 Å². The van der Waals surface area contributed by atoms with E-state index in [9.17, 15) is 14.0 Å².